The molecule has 2 aromatic rings. The Morgan fingerprint density at radius 1 is 1.12 bits per heavy atom. The Labute approximate surface area is 154 Å². The lowest BCUT2D eigenvalue weighted by molar-refractivity contribution is -0.114. The van der Waals surface area contributed by atoms with Gasteiger partial charge in [-0.15, -0.1) is 11.8 Å². The summed E-state index contributed by atoms with van der Waals surface area (Å²) in [5.41, 5.74) is 1.69. The molecule has 0 unspecified atom stereocenters. The van der Waals surface area contributed by atoms with Gasteiger partial charge in [0.25, 0.3) is 0 Å². The van der Waals surface area contributed by atoms with Gasteiger partial charge in [-0.05, 0) is 31.5 Å². The summed E-state index contributed by atoms with van der Waals surface area (Å²) in [6.45, 7) is 3.54. The maximum Gasteiger partial charge on any atom is 0.337 e. The number of benzene rings is 1. The highest BCUT2D eigenvalue weighted by Crippen LogP contribution is 2.18. The van der Waals surface area contributed by atoms with Gasteiger partial charge in [-0.25, -0.2) is 4.79 Å². The van der Waals surface area contributed by atoms with Gasteiger partial charge in [-0.3, -0.25) is 9.59 Å². The minimum atomic E-state index is -0.477. The maximum atomic E-state index is 12.1. The number of aryl methyl sites for hydroxylation is 2. The van der Waals surface area contributed by atoms with Crippen LogP contribution in [0.25, 0.3) is 0 Å². The highest BCUT2D eigenvalue weighted by atomic mass is 32.2. The molecule has 0 saturated heterocycles. The second-order valence-electron chi connectivity index (χ2n) is 5.43. The van der Waals surface area contributed by atoms with Gasteiger partial charge in [0, 0.05) is 11.8 Å². The number of hydrogen-bond acceptors (Lipinski definition) is 7. The summed E-state index contributed by atoms with van der Waals surface area (Å²) in [6, 6.07) is 6.51. The third-order valence-corrected chi connectivity index (χ3v) is 4.23. The first-order valence-corrected chi connectivity index (χ1v) is 8.84. The second kappa shape index (κ2) is 9.04. The van der Waals surface area contributed by atoms with Crippen molar-refractivity contribution in [3.05, 3.63) is 41.2 Å². The molecular formula is C17H19N3O5S. The Kier molecular flexibility index (Phi) is 6.79. The van der Waals surface area contributed by atoms with Crippen LogP contribution in [-0.2, 0) is 14.3 Å². The Bertz CT molecular complexity index is 818. The number of ether oxygens (including phenoxy) is 1. The molecule has 2 rings (SSSR count). The molecule has 1 aromatic heterocycles. The van der Waals surface area contributed by atoms with Crippen molar-refractivity contribution in [2.24, 2.45) is 0 Å². The van der Waals surface area contributed by atoms with Crippen molar-refractivity contribution in [1.29, 1.82) is 0 Å². The number of hydrogen-bond donors (Lipinski definition) is 2. The fraction of sp³-hybridized carbons (Fsp3) is 0.294. The first-order valence-electron chi connectivity index (χ1n) is 7.68. The largest absolute Gasteiger partial charge is 0.465 e. The highest BCUT2D eigenvalue weighted by Gasteiger charge is 2.12. The van der Waals surface area contributed by atoms with E-state index in [0.29, 0.717) is 22.8 Å². The molecule has 0 fully saturated rings. The summed E-state index contributed by atoms with van der Waals surface area (Å²) in [4.78, 5) is 35.4. The lowest BCUT2D eigenvalue weighted by atomic mass is 10.1. The SMILES string of the molecule is COC(=O)c1ccc(C)c(NC(=O)CSCC(=O)Nc2cc(C)on2)c1. The normalized spacial score (nSPS) is 10.3. The second-order valence-corrected chi connectivity index (χ2v) is 6.42. The molecule has 26 heavy (non-hydrogen) atoms. The highest BCUT2D eigenvalue weighted by molar-refractivity contribution is 8.00. The lowest BCUT2D eigenvalue weighted by Crippen LogP contribution is -2.19. The van der Waals surface area contributed by atoms with E-state index in [1.54, 1.807) is 31.2 Å². The number of anilines is 2. The molecule has 1 aromatic carbocycles. The molecule has 0 aliphatic heterocycles. The molecule has 1 heterocycles. The topological polar surface area (TPSA) is 111 Å². The first kappa shape index (κ1) is 19.5. The van der Waals surface area contributed by atoms with Gasteiger partial charge < -0.3 is 19.9 Å². The number of amides is 2. The Balaban J connectivity index is 1.81. The van der Waals surface area contributed by atoms with Crippen molar-refractivity contribution in [1.82, 2.24) is 5.16 Å². The van der Waals surface area contributed by atoms with Crippen molar-refractivity contribution in [2.75, 3.05) is 29.2 Å². The number of carbonyl (C=O) groups excluding carboxylic acids is 3. The smallest absolute Gasteiger partial charge is 0.337 e. The zero-order valence-electron chi connectivity index (χ0n) is 14.6. The van der Waals surface area contributed by atoms with Gasteiger partial charge >= 0.3 is 5.97 Å². The number of esters is 1. The van der Waals surface area contributed by atoms with Gasteiger partial charge in [0.05, 0.1) is 24.2 Å². The number of methoxy groups -OCH3 is 1. The van der Waals surface area contributed by atoms with Crippen LogP contribution in [0.1, 0.15) is 21.7 Å². The summed E-state index contributed by atoms with van der Waals surface area (Å²) in [6.07, 6.45) is 0. The molecule has 0 aliphatic rings. The van der Waals surface area contributed by atoms with Gasteiger partial charge in [0.1, 0.15) is 5.76 Å². The summed E-state index contributed by atoms with van der Waals surface area (Å²) in [7, 11) is 1.29. The molecule has 8 nitrogen and oxygen atoms in total. The van der Waals surface area contributed by atoms with E-state index in [1.807, 2.05) is 6.92 Å². The average Bonchev–Trinajstić information content (AvgIpc) is 3.00. The molecule has 0 aliphatic carbocycles. The number of aromatic nitrogens is 1. The van der Waals surface area contributed by atoms with Gasteiger partial charge in [0.15, 0.2) is 5.82 Å². The fourth-order valence-electron chi connectivity index (χ4n) is 2.03. The Morgan fingerprint density at radius 3 is 2.42 bits per heavy atom. The number of thioether (sulfide) groups is 1. The molecule has 0 radical (unpaired) electrons. The van der Waals surface area contributed by atoms with Crippen molar-refractivity contribution in [2.45, 2.75) is 13.8 Å². The van der Waals surface area contributed by atoms with Gasteiger partial charge in [-0.1, -0.05) is 11.2 Å². The number of nitrogens with one attached hydrogen (secondary N) is 2. The summed E-state index contributed by atoms with van der Waals surface area (Å²) in [5, 5.41) is 8.96. The van der Waals surface area contributed by atoms with Gasteiger partial charge in [-0.2, -0.15) is 0 Å². The molecular weight excluding hydrogens is 358 g/mol. The van der Waals surface area contributed by atoms with Crippen LogP contribution in [0.5, 0.6) is 0 Å². The first-order chi connectivity index (χ1) is 12.4. The summed E-state index contributed by atoms with van der Waals surface area (Å²) < 4.78 is 9.52. The molecule has 9 heteroatoms. The van der Waals surface area contributed by atoms with Crippen molar-refractivity contribution in [3.8, 4) is 0 Å². The third kappa shape index (κ3) is 5.62. The molecule has 0 atom stereocenters. The van der Waals surface area contributed by atoms with Crippen LogP contribution < -0.4 is 10.6 Å². The van der Waals surface area contributed by atoms with Crippen molar-refractivity contribution >= 4 is 41.1 Å². The average molecular weight is 377 g/mol. The van der Waals surface area contributed by atoms with E-state index < -0.39 is 5.97 Å². The standard InChI is InChI=1S/C17H19N3O5S/c1-10-4-5-12(17(23)24-3)7-13(10)18-15(21)8-26-9-16(22)19-14-6-11(2)25-20-14/h4-7H,8-9H2,1-3H3,(H,18,21)(H,19,20,22). The quantitative estimate of drug-likeness (QED) is 0.713. The van der Waals surface area contributed by atoms with Crippen LogP contribution in [-0.4, -0.2) is 41.6 Å². The predicted molar refractivity (Wildman–Crippen MR) is 98.3 cm³/mol. The molecule has 0 spiro atoms. The van der Waals surface area contributed by atoms with E-state index in [1.165, 1.54) is 7.11 Å². The van der Waals surface area contributed by atoms with E-state index >= 15 is 0 Å². The zero-order valence-corrected chi connectivity index (χ0v) is 15.4. The molecule has 138 valence electrons. The van der Waals surface area contributed by atoms with Crippen LogP contribution >= 0.6 is 11.8 Å². The number of nitrogens with zero attached hydrogens (tertiary/aromatic N) is 1. The Hall–Kier alpha value is -2.81. The number of rotatable bonds is 7. The van der Waals surface area contributed by atoms with E-state index in [-0.39, 0.29) is 23.3 Å². The predicted octanol–water partition coefficient (Wildman–Crippen LogP) is 2.39. The monoisotopic (exact) mass is 377 g/mol. The van der Waals surface area contributed by atoms with E-state index in [2.05, 4.69) is 20.5 Å². The minimum Gasteiger partial charge on any atom is -0.465 e. The zero-order chi connectivity index (χ0) is 19.1. The van der Waals surface area contributed by atoms with Crippen LogP contribution in [0.3, 0.4) is 0 Å². The summed E-state index contributed by atoms with van der Waals surface area (Å²) in [5.74, 6) is 0.0951. The Morgan fingerprint density at radius 2 is 1.81 bits per heavy atom. The van der Waals surface area contributed by atoms with E-state index in [9.17, 15) is 14.4 Å². The molecule has 0 bridgehead atoms. The van der Waals surface area contributed by atoms with E-state index in [0.717, 1.165) is 17.3 Å². The fourth-order valence-corrected chi connectivity index (χ4v) is 2.65. The molecule has 2 N–H and O–H groups in total. The molecule has 0 saturated carbocycles. The maximum absolute atomic E-state index is 12.1. The lowest BCUT2D eigenvalue weighted by Gasteiger charge is -2.10. The number of carbonyl (C=O) groups is 3. The van der Waals surface area contributed by atoms with Crippen molar-refractivity contribution < 1.29 is 23.6 Å². The van der Waals surface area contributed by atoms with Crippen molar-refractivity contribution in [3.63, 3.8) is 0 Å². The van der Waals surface area contributed by atoms with Crippen LogP contribution in [0.2, 0.25) is 0 Å². The third-order valence-electron chi connectivity index (χ3n) is 3.29. The van der Waals surface area contributed by atoms with Crippen LogP contribution in [0.4, 0.5) is 11.5 Å². The minimum absolute atomic E-state index is 0.0904. The molecule has 2 amide bonds. The van der Waals surface area contributed by atoms with Crippen LogP contribution in [0.15, 0.2) is 28.8 Å². The van der Waals surface area contributed by atoms with E-state index in [4.69, 9.17) is 4.52 Å². The van der Waals surface area contributed by atoms with Gasteiger partial charge in [0.2, 0.25) is 11.8 Å². The summed E-state index contributed by atoms with van der Waals surface area (Å²) >= 11 is 1.16. The van der Waals surface area contributed by atoms with Crippen LogP contribution in [0, 0.1) is 13.8 Å².